The fourth-order valence-electron chi connectivity index (χ4n) is 3.77. The number of ether oxygens (including phenoxy) is 3. The first-order valence-electron chi connectivity index (χ1n) is 10.4. The van der Waals surface area contributed by atoms with Crippen molar-refractivity contribution in [2.45, 2.75) is 12.5 Å². The number of carbonyl (C=O) groups is 4. The maximum atomic E-state index is 13.1. The Labute approximate surface area is 195 Å². The molecule has 1 aliphatic rings. The summed E-state index contributed by atoms with van der Waals surface area (Å²) in [6, 6.07) is 18.2. The molecule has 4 rings (SSSR count). The first kappa shape index (κ1) is 22.7. The highest BCUT2D eigenvalue weighted by Gasteiger charge is 2.28. The van der Waals surface area contributed by atoms with Gasteiger partial charge in [-0.3, -0.25) is 4.79 Å². The first-order valence-corrected chi connectivity index (χ1v) is 10.4. The van der Waals surface area contributed by atoms with E-state index in [-0.39, 0.29) is 22.4 Å². The van der Waals surface area contributed by atoms with Gasteiger partial charge in [0.2, 0.25) is 0 Å². The molecule has 0 bridgehead atoms. The van der Waals surface area contributed by atoms with E-state index in [1.807, 2.05) is 30.3 Å². The molecule has 1 unspecified atom stereocenters. The van der Waals surface area contributed by atoms with E-state index < -0.39 is 29.9 Å². The molecule has 3 aromatic carbocycles. The summed E-state index contributed by atoms with van der Waals surface area (Å²) in [5.41, 5.74) is 2.54. The van der Waals surface area contributed by atoms with Crippen LogP contribution in [0.1, 0.15) is 58.7 Å². The summed E-state index contributed by atoms with van der Waals surface area (Å²) in [6.07, 6.45) is -0.0422. The van der Waals surface area contributed by atoms with Gasteiger partial charge < -0.3 is 19.5 Å². The van der Waals surface area contributed by atoms with Crippen LogP contribution in [0, 0.1) is 0 Å². The molecule has 34 heavy (non-hydrogen) atoms. The second kappa shape index (κ2) is 9.58. The van der Waals surface area contributed by atoms with E-state index in [0.29, 0.717) is 17.5 Å². The average molecular weight is 459 g/mol. The summed E-state index contributed by atoms with van der Waals surface area (Å²) < 4.78 is 15.0. The van der Waals surface area contributed by atoms with Crippen LogP contribution in [0.5, 0.6) is 0 Å². The molecule has 1 atom stereocenters. The van der Waals surface area contributed by atoms with Gasteiger partial charge in [-0.2, -0.15) is 0 Å². The summed E-state index contributed by atoms with van der Waals surface area (Å²) >= 11 is 0. The quantitative estimate of drug-likeness (QED) is 0.454. The lowest BCUT2D eigenvalue weighted by molar-refractivity contribution is 0.0252. The van der Waals surface area contributed by atoms with Gasteiger partial charge >= 0.3 is 17.9 Å². The molecule has 8 heteroatoms. The van der Waals surface area contributed by atoms with E-state index in [1.165, 1.54) is 38.5 Å². The highest BCUT2D eigenvalue weighted by molar-refractivity contribution is 6.09. The maximum Gasteiger partial charge on any atom is 0.339 e. The lowest BCUT2D eigenvalue weighted by Crippen LogP contribution is -2.23. The lowest BCUT2D eigenvalue weighted by atomic mass is 9.93. The van der Waals surface area contributed by atoms with Gasteiger partial charge in [-0.25, -0.2) is 14.4 Å². The summed E-state index contributed by atoms with van der Waals surface area (Å²) in [5, 5.41) is 2.66. The number of anilines is 1. The normalized spacial score (nSPS) is 14.4. The molecular formula is C26H21NO7. The Balaban J connectivity index is 1.63. The van der Waals surface area contributed by atoms with Crippen LogP contribution in [0.15, 0.2) is 66.7 Å². The first-order chi connectivity index (χ1) is 16.4. The minimum Gasteiger partial charge on any atom is -0.465 e. The number of fused-ring (bicyclic) bond motifs is 1. The number of cyclic esters (lactones) is 1. The SMILES string of the molecule is COC(=O)c1ccc(C(=O)OC)c(NC(=O)c2ccc3c(c2)CC(c2ccccc2)OC3=O)c1. The second-order valence-electron chi connectivity index (χ2n) is 7.58. The Morgan fingerprint density at radius 3 is 2.29 bits per heavy atom. The van der Waals surface area contributed by atoms with Crippen LogP contribution in [0.3, 0.4) is 0 Å². The van der Waals surface area contributed by atoms with Gasteiger partial charge in [-0.15, -0.1) is 0 Å². The third-order valence-electron chi connectivity index (χ3n) is 5.51. The summed E-state index contributed by atoms with van der Waals surface area (Å²) in [6.45, 7) is 0. The molecule has 8 nitrogen and oxygen atoms in total. The van der Waals surface area contributed by atoms with E-state index in [9.17, 15) is 19.2 Å². The predicted octanol–water partition coefficient (Wildman–Crippen LogP) is 3.97. The van der Waals surface area contributed by atoms with Crippen molar-refractivity contribution in [3.05, 3.63) is 100 Å². The molecular weight excluding hydrogens is 438 g/mol. The van der Waals surface area contributed by atoms with Gasteiger partial charge in [0.05, 0.1) is 36.6 Å². The van der Waals surface area contributed by atoms with Crippen molar-refractivity contribution in [2.24, 2.45) is 0 Å². The zero-order valence-corrected chi connectivity index (χ0v) is 18.5. The zero-order valence-electron chi connectivity index (χ0n) is 18.5. The topological polar surface area (TPSA) is 108 Å². The number of methoxy groups -OCH3 is 2. The number of amides is 1. The summed E-state index contributed by atoms with van der Waals surface area (Å²) in [5.74, 6) is -2.28. The summed E-state index contributed by atoms with van der Waals surface area (Å²) in [7, 11) is 2.45. The molecule has 0 saturated heterocycles. The van der Waals surface area contributed by atoms with Crippen molar-refractivity contribution in [3.8, 4) is 0 Å². The largest absolute Gasteiger partial charge is 0.465 e. The molecule has 0 radical (unpaired) electrons. The van der Waals surface area contributed by atoms with Crippen molar-refractivity contribution in [2.75, 3.05) is 19.5 Å². The molecule has 0 aromatic heterocycles. The van der Waals surface area contributed by atoms with E-state index in [2.05, 4.69) is 5.32 Å². The van der Waals surface area contributed by atoms with E-state index >= 15 is 0 Å². The van der Waals surface area contributed by atoms with Crippen LogP contribution < -0.4 is 5.32 Å². The van der Waals surface area contributed by atoms with Crippen LogP contribution in [0.25, 0.3) is 0 Å². The molecule has 0 spiro atoms. The minimum absolute atomic E-state index is 0.0779. The van der Waals surface area contributed by atoms with Crippen LogP contribution in [-0.4, -0.2) is 38.0 Å². The lowest BCUT2D eigenvalue weighted by Gasteiger charge is -2.25. The van der Waals surface area contributed by atoms with Crippen LogP contribution >= 0.6 is 0 Å². The third-order valence-corrected chi connectivity index (χ3v) is 5.51. The number of benzene rings is 3. The van der Waals surface area contributed by atoms with Gasteiger partial charge in [0.15, 0.2) is 0 Å². The molecule has 1 heterocycles. The molecule has 1 amide bonds. The Bertz CT molecular complexity index is 1280. The minimum atomic E-state index is -0.675. The van der Waals surface area contributed by atoms with Crippen molar-refractivity contribution in [3.63, 3.8) is 0 Å². The average Bonchev–Trinajstić information content (AvgIpc) is 2.87. The standard InChI is InChI=1S/C26H21NO7/c1-32-24(29)17-9-11-20(25(30)33-2)21(13-17)27-23(28)16-8-10-19-18(12-16)14-22(34-26(19)31)15-6-4-3-5-7-15/h3-13,22H,14H2,1-2H3,(H,27,28). The number of esters is 3. The zero-order chi connectivity index (χ0) is 24.2. The van der Waals surface area contributed by atoms with Crippen LogP contribution in [-0.2, 0) is 20.6 Å². The van der Waals surface area contributed by atoms with E-state index in [4.69, 9.17) is 14.2 Å². The Morgan fingerprint density at radius 1 is 0.882 bits per heavy atom. The number of rotatable bonds is 5. The van der Waals surface area contributed by atoms with Crippen molar-refractivity contribution < 1.29 is 33.4 Å². The Kier molecular flexibility index (Phi) is 6.40. The molecule has 0 saturated carbocycles. The Morgan fingerprint density at radius 2 is 1.59 bits per heavy atom. The molecule has 1 aliphatic heterocycles. The highest BCUT2D eigenvalue weighted by atomic mass is 16.5. The van der Waals surface area contributed by atoms with Gasteiger partial charge in [-0.05, 0) is 47.5 Å². The van der Waals surface area contributed by atoms with Gasteiger partial charge in [-0.1, -0.05) is 30.3 Å². The third kappa shape index (κ3) is 4.52. The van der Waals surface area contributed by atoms with E-state index in [0.717, 1.165) is 5.56 Å². The smallest absolute Gasteiger partial charge is 0.339 e. The molecule has 172 valence electrons. The second-order valence-corrected chi connectivity index (χ2v) is 7.58. The summed E-state index contributed by atoms with van der Waals surface area (Å²) in [4.78, 5) is 49.6. The van der Waals surface area contributed by atoms with Gasteiger partial charge in [0, 0.05) is 12.0 Å². The molecule has 3 aromatic rings. The van der Waals surface area contributed by atoms with Gasteiger partial charge in [0.25, 0.3) is 5.91 Å². The number of hydrogen-bond acceptors (Lipinski definition) is 7. The van der Waals surface area contributed by atoms with Crippen molar-refractivity contribution >= 4 is 29.5 Å². The van der Waals surface area contributed by atoms with Crippen molar-refractivity contribution in [1.82, 2.24) is 0 Å². The fourth-order valence-corrected chi connectivity index (χ4v) is 3.77. The monoisotopic (exact) mass is 459 g/mol. The molecule has 0 aliphatic carbocycles. The maximum absolute atomic E-state index is 13.1. The Hall–Kier alpha value is -4.46. The van der Waals surface area contributed by atoms with Gasteiger partial charge in [0.1, 0.15) is 6.10 Å². The number of nitrogens with one attached hydrogen (secondary N) is 1. The van der Waals surface area contributed by atoms with Crippen molar-refractivity contribution in [1.29, 1.82) is 0 Å². The number of carbonyl (C=O) groups excluding carboxylic acids is 4. The predicted molar refractivity (Wildman–Crippen MR) is 122 cm³/mol. The van der Waals surface area contributed by atoms with E-state index in [1.54, 1.807) is 12.1 Å². The molecule has 0 fully saturated rings. The van der Waals surface area contributed by atoms with Crippen LogP contribution in [0.2, 0.25) is 0 Å². The van der Waals surface area contributed by atoms with Crippen LogP contribution in [0.4, 0.5) is 5.69 Å². The highest BCUT2D eigenvalue weighted by Crippen LogP contribution is 2.31. The molecule has 1 N–H and O–H groups in total. The number of hydrogen-bond donors (Lipinski definition) is 1. The fraction of sp³-hybridized carbons (Fsp3) is 0.154.